The molecular formula is C48H65N9O7S. The maximum absolute atomic E-state index is 14.7. The van der Waals surface area contributed by atoms with E-state index in [0.717, 1.165) is 70.6 Å². The van der Waals surface area contributed by atoms with Crippen LogP contribution in [0.2, 0.25) is 0 Å². The van der Waals surface area contributed by atoms with Gasteiger partial charge in [-0.25, -0.2) is 14.6 Å². The highest BCUT2D eigenvalue weighted by Gasteiger charge is 2.54. The normalized spacial score (nSPS) is 23.3. The number of aliphatic hydroxyl groups is 1. The van der Waals surface area contributed by atoms with Gasteiger partial charge in [0.05, 0.1) is 40.3 Å². The molecule has 4 atom stereocenters. The van der Waals surface area contributed by atoms with Crippen molar-refractivity contribution in [1.29, 1.82) is 0 Å². The predicted octanol–water partition coefficient (Wildman–Crippen LogP) is 5.38. The number of urea groups is 1. The topological polar surface area (TPSA) is 175 Å². The minimum atomic E-state index is -2.20. The van der Waals surface area contributed by atoms with Crippen LogP contribution in [-0.4, -0.2) is 141 Å². The molecule has 6 bridgehead atoms. The van der Waals surface area contributed by atoms with E-state index in [1.165, 1.54) is 21.2 Å². The Kier molecular flexibility index (Phi) is 12.9. The SMILES string of the molecule is CCn1c(-c2cccnc2[C@H](C)OC)c2c3cc(ccc31)-c1csc(n1)C[C@H](NC(=O)[C@H](C(C)C)N(C)C(=O)N1CCN(C)CC13CC3)C(=O)N1CCC[C@@](O)(N1)C(=O)OCC(C)(C)C2. The Bertz CT molecular complexity index is 2460. The lowest BCUT2D eigenvalue weighted by Gasteiger charge is -2.44. The Morgan fingerprint density at radius 1 is 1.12 bits per heavy atom. The van der Waals surface area contributed by atoms with E-state index < -0.39 is 41.0 Å². The van der Waals surface area contributed by atoms with Crippen LogP contribution < -0.4 is 10.7 Å². The number of fused-ring (bicyclic) bond motifs is 6. The zero-order chi connectivity index (χ0) is 46.6. The van der Waals surface area contributed by atoms with Gasteiger partial charge in [0.2, 0.25) is 11.6 Å². The van der Waals surface area contributed by atoms with Crippen molar-refractivity contribution in [2.75, 3.05) is 54.0 Å². The summed E-state index contributed by atoms with van der Waals surface area (Å²) in [7, 11) is 5.40. The lowest BCUT2D eigenvalue weighted by molar-refractivity contribution is -0.189. The first kappa shape index (κ1) is 46.6. The molecule has 4 aliphatic rings. The van der Waals surface area contributed by atoms with Crippen LogP contribution in [0.15, 0.2) is 41.9 Å². The van der Waals surface area contributed by atoms with E-state index in [4.69, 9.17) is 19.4 Å². The number of methoxy groups -OCH3 is 1. The molecule has 17 heteroatoms. The van der Waals surface area contributed by atoms with E-state index in [1.807, 2.05) is 51.0 Å². The van der Waals surface area contributed by atoms with E-state index in [-0.39, 0.29) is 49.6 Å². The van der Waals surface area contributed by atoms with Crippen molar-refractivity contribution >= 4 is 46.1 Å². The molecule has 3 fully saturated rings. The van der Waals surface area contributed by atoms with Gasteiger partial charge in [-0.3, -0.25) is 19.6 Å². The number of carbonyl (C=O) groups is 4. The summed E-state index contributed by atoms with van der Waals surface area (Å²) < 4.78 is 14.1. The smallest absolute Gasteiger partial charge is 0.355 e. The van der Waals surface area contributed by atoms with Gasteiger partial charge < -0.3 is 39.2 Å². The number of piperazine rings is 1. The van der Waals surface area contributed by atoms with Crippen LogP contribution in [0.5, 0.6) is 0 Å². The molecule has 65 heavy (non-hydrogen) atoms. The summed E-state index contributed by atoms with van der Waals surface area (Å²) in [6.45, 7) is 14.9. The van der Waals surface area contributed by atoms with Crippen LogP contribution in [0.25, 0.3) is 33.4 Å². The fourth-order valence-electron chi connectivity index (χ4n) is 10.1. The number of pyridine rings is 1. The van der Waals surface area contributed by atoms with Gasteiger partial charge in [0.15, 0.2) is 0 Å². The number of likely N-dealkylation sites (N-methyl/N-ethyl adjacent to an activating group) is 2. The van der Waals surface area contributed by atoms with Gasteiger partial charge >= 0.3 is 12.0 Å². The van der Waals surface area contributed by atoms with E-state index in [9.17, 15) is 24.3 Å². The Hall–Kier alpha value is -4.94. The number of hydrogen-bond acceptors (Lipinski definition) is 12. The molecule has 3 aromatic heterocycles. The van der Waals surface area contributed by atoms with Crippen molar-refractivity contribution in [3.63, 3.8) is 0 Å². The monoisotopic (exact) mass is 911 g/mol. The number of thiazole rings is 1. The van der Waals surface area contributed by atoms with Crippen LogP contribution >= 0.6 is 11.3 Å². The molecule has 1 spiro atoms. The summed E-state index contributed by atoms with van der Waals surface area (Å²) >= 11 is 1.39. The van der Waals surface area contributed by atoms with Crippen LogP contribution in [-0.2, 0) is 43.2 Å². The molecule has 0 radical (unpaired) electrons. The van der Waals surface area contributed by atoms with E-state index in [2.05, 4.69) is 58.4 Å². The van der Waals surface area contributed by atoms with Gasteiger partial charge in [-0.2, -0.15) is 5.43 Å². The number of esters is 1. The number of rotatable bonds is 8. The second-order valence-electron chi connectivity index (χ2n) is 19.7. The first-order valence-electron chi connectivity index (χ1n) is 23.0. The summed E-state index contributed by atoms with van der Waals surface area (Å²) in [6, 6.07) is 8.07. The van der Waals surface area contributed by atoms with E-state index in [0.29, 0.717) is 30.9 Å². The minimum absolute atomic E-state index is 0.0113. The molecule has 4 aromatic rings. The van der Waals surface area contributed by atoms with Crippen molar-refractivity contribution < 1.29 is 33.8 Å². The van der Waals surface area contributed by atoms with Crippen LogP contribution in [0.4, 0.5) is 4.79 Å². The van der Waals surface area contributed by atoms with Crippen LogP contribution in [0, 0.1) is 11.3 Å². The number of ether oxygens (including phenoxy) is 2. The minimum Gasteiger partial charge on any atom is -0.462 e. The first-order chi connectivity index (χ1) is 30.9. The largest absolute Gasteiger partial charge is 0.462 e. The lowest BCUT2D eigenvalue weighted by atomic mass is 9.84. The van der Waals surface area contributed by atoms with Gasteiger partial charge in [-0.1, -0.05) is 33.8 Å². The fourth-order valence-corrected chi connectivity index (χ4v) is 11.0. The average Bonchev–Trinajstić information content (AvgIpc) is 3.74. The Labute approximate surface area is 385 Å². The molecule has 1 aromatic carbocycles. The number of nitrogens with one attached hydrogen (secondary N) is 2. The summed E-state index contributed by atoms with van der Waals surface area (Å²) in [5.41, 5.74) is 6.20. The molecule has 1 aliphatic carbocycles. The third-order valence-electron chi connectivity index (χ3n) is 13.8. The van der Waals surface area contributed by atoms with Crippen molar-refractivity contribution in [1.82, 2.24) is 45.0 Å². The summed E-state index contributed by atoms with van der Waals surface area (Å²) in [5, 5.41) is 19.7. The molecule has 350 valence electrons. The fraction of sp³-hybridized carbons (Fsp3) is 0.583. The Morgan fingerprint density at radius 2 is 1.89 bits per heavy atom. The molecule has 3 aliphatic heterocycles. The molecular weight excluding hydrogens is 847 g/mol. The number of cyclic esters (lactones) is 1. The summed E-state index contributed by atoms with van der Waals surface area (Å²) in [6.07, 6.45) is 4.18. The second-order valence-corrected chi connectivity index (χ2v) is 20.6. The van der Waals surface area contributed by atoms with E-state index in [1.54, 1.807) is 20.4 Å². The second kappa shape index (κ2) is 18.0. The highest BCUT2D eigenvalue weighted by atomic mass is 32.1. The molecule has 3 N–H and O–H groups in total. The van der Waals surface area contributed by atoms with Gasteiger partial charge in [-0.05, 0) is 82.3 Å². The maximum Gasteiger partial charge on any atom is 0.355 e. The quantitative estimate of drug-likeness (QED) is 0.194. The number of aryl methyl sites for hydroxylation is 1. The van der Waals surface area contributed by atoms with Crippen molar-refractivity contribution in [3.05, 3.63) is 58.2 Å². The van der Waals surface area contributed by atoms with Gasteiger partial charge in [0.25, 0.3) is 5.91 Å². The molecule has 16 nitrogen and oxygen atoms in total. The number of amides is 4. The maximum atomic E-state index is 14.7. The van der Waals surface area contributed by atoms with Gasteiger partial charge in [0.1, 0.15) is 12.1 Å². The van der Waals surface area contributed by atoms with Crippen LogP contribution in [0.1, 0.15) is 89.6 Å². The number of carbonyl (C=O) groups excluding carboxylic acids is 4. The number of benzene rings is 1. The number of aromatic nitrogens is 3. The highest BCUT2D eigenvalue weighted by Crippen LogP contribution is 2.45. The molecule has 6 heterocycles. The molecule has 0 unspecified atom stereocenters. The number of nitrogens with zero attached hydrogens (tertiary/aromatic N) is 7. The molecule has 8 rings (SSSR count). The molecule has 2 saturated heterocycles. The Morgan fingerprint density at radius 3 is 2.60 bits per heavy atom. The predicted molar refractivity (Wildman–Crippen MR) is 248 cm³/mol. The zero-order valence-corrected chi connectivity index (χ0v) is 40.1. The van der Waals surface area contributed by atoms with Crippen LogP contribution in [0.3, 0.4) is 0 Å². The molecule has 1 saturated carbocycles. The van der Waals surface area contributed by atoms with Crippen molar-refractivity contribution in [2.24, 2.45) is 11.3 Å². The van der Waals surface area contributed by atoms with Gasteiger partial charge in [-0.15, -0.1) is 11.3 Å². The summed E-state index contributed by atoms with van der Waals surface area (Å²) in [4.78, 5) is 72.9. The summed E-state index contributed by atoms with van der Waals surface area (Å²) in [5.74, 6) is -2.21. The first-order valence-corrected chi connectivity index (χ1v) is 23.9. The lowest BCUT2D eigenvalue weighted by Crippen LogP contribution is -2.67. The third kappa shape index (κ3) is 9.01. The average molecular weight is 912 g/mol. The number of hydrazine groups is 1. The highest BCUT2D eigenvalue weighted by molar-refractivity contribution is 7.10. The third-order valence-corrected chi connectivity index (χ3v) is 14.6. The standard InChI is InChI=1S/C48H65N9O7S/c1-10-55-37-15-14-31-23-33(37)34(41(55)32-13-11-19-49-39(32)30(4)63-9)25-46(5,6)28-64-44(60)48(62)16-12-20-57(52-48)43(59)35(24-38-50-36(31)26-65-38)51-42(58)40(29(2)3)54(8)45(61)56-22-21-53(7)27-47(56)17-18-47/h11,13-15,19,23,26,29-30,35,40,52,62H,10,12,16-18,20-22,24-25,27-28H2,1-9H3,(H,51,58)/t30-,35-,40-,48-/m0/s1. The van der Waals surface area contributed by atoms with Gasteiger partial charge in [0, 0.05) is 98.7 Å². The van der Waals surface area contributed by atoms with E-state index >= 15 is 0 Å². The molecule has 4 amide bonds. The van der Waals surface area contributed by atoms with Crippen molar-refractivity contribution in [3.8, 4) is 22.5 Å². The zero-order valence-electron chi connectivity index (χ0n) is 39.3. The number of hydrogen-bond donors (Lipinski definition) is 3. The Balaban J connectivity index is 1.18. The van der Waals surface area contributed by atoms with Crippen molar-refractivity contribution in [2.45, 2.75) is 116 Å².